The quantitative estimate of drug-likeness (QED) is 0.774. The Labute approximate surface area is 83.7 Å². The van der Waals surface area contributed by atoms with Crippen molar-refractivity contribution in [2.24, 2.45) is 5.92 Å². The molecule has 1 unspecified atom stereocenters. The van der Waals surface area contributed by atoms with Crippen molar-refractivity contribution in [3.8, 4) is 6.07 Å². The molecule has 0 radical (unpaired) electrons. The monoisotopic (exact) mass is 190 g/mol. The summed E-state index contributed by atoms with van der Waals surface area (Å²) in [4.78, 5) is 0. The van der Waals surface area contributed by atoms with Gasteiger partial charge in [-0.25, -0.2) is 0 Å². The maximum Gasteiger partial charge on any atom is 0.121 e. The van der Waals surface area contributed by atoms with Crippen molar-refractivity contribution in [1.82, 2.24) is 5.32 Å². The zero-order chi connectivity index (χ0) is 9.80. The van der Waals surface area contributed by atoms with Gasteiger partial charge in [-0.05, 0) is 44.0 Å². The number of nitrogens with zero attached hydrogens (tertiary/aromatic N) is 1. The van der Waals surface area contributed by atoms with E-state index in [0.29, 0.717) is 5.92 Å². The van der Waals surface area contributed by atoms with Crippen molar-refractivity contribution in [3.63, 3.8) is 0 Å². The van der Waals surface area contributed by atoms with E-state index in [-0.39, 0.29) is 5.92 Å². The van der Waals surface area contributed by atoms with Crippen LogP contribution in [-0.2, 0) is 0 Å². The number of rotatable bonds is 2. The van der Waals surface area contributed by atoms with Crippen LogP contribution in [0.3, 0.4) is 0 Å². The SMILES string of the molecule is N#CC(c1ccco1)C1CCNCC1. The van der Waals surface area contributed by atoms with E-state index in [0.717, 1.165) is 31.7 Å². The van der Waals surface area contributed by atoms with E-state index in [1.807, 2.05) is 12.1 Å². The molecule has 0 spiro atoms. The van der Waals surface area contributed by atoms with Crippen molar-refractivity contribution >= 4 is 0 Å². The Kier molecular flexibility index (Phi) is 2.85. The van der Waals surface area contributed by atoms with Crippen molar-refractivity contribution < 1.29 is 4.42 Å². The molecule has 1 saturated heterocycles. The lowest BCUT2D eigenvalue weighted by atomic mass is 9.84. The highest BCUT2D eigenvalue weighted by molar-refractivity contribution is 5.15. The zero-order valence-corrected chi connectivity index (χ0v) is 8.07. The second kappa shape index (κ2) is 4.30. The van der Waals surface area contributed by atoms with Gasteiger partial charge in [0.15, 0.2) is 0 Å². The lowest BCUT2D eigenvalue weighted by Crippen LogP contribution is -2.30. The van der Waals surface area contributed by atoms with Crippen LogP contribution in [0.1, 0.15) is 24.5 Å². The standard InChI is InChI=1S/C11H14N2O/c12-8-10(11-2-1-7-14-11)9-3-5-13-6-4-9/h1-2,7,9-10,13H,3-6H2. The van der Waals surface area contributed by atoms with Crippen LogP contribution in [0, 0.1) is 17.2 Å². The molecule has 1 aliphatic heterocycles. The maximum atomic E-state index is 9.12. The summed E-state index contributed by atoms with van der Waals surface area (Å²) in [6, 6.07) is 6.10. The Morgan fingerprint density at radius 2 is 2.29 bits per heavy atom. The summed E-state index contributed by atoms with van der Waals surface area (Å²) < 4.78 is 5.30. The summed E-state index contributed by atoms with van der Waals surface area (Å²) in [5, 5.41) is 12.4. The first-order valence-corrected chi connectivity index (χ1v) is 5.05. The Morgan fingerprint density at radius 3 is 2.86 bits per heavy atom. The molecule has 3 nitrogen and oxygen atoms in total. The minimum atomic E-state index is -0.0629. The van der Waals surface area contributed by atoms with E-state index in [1.54, 1.807) is 6.26 Å². The predicted molar refractivity (Wildman–Crippen MR) is 52.7 cm³/mol. The fraction of sp³-hybridized carbons (Fsp3) is 0.545. The Morgan fingerprint density at radius 1 is 1.50 bits per heavy atom. The molecule has 1 N–H and O–H groups in total. The van der Waals surface area contributed by atoms with Gasteiger partial charge in [0.1, 0.15) is 11.7 Å². The van der Waals surface area contributed by atoms with Gasteiger partial charge in [0.05, 0.1) is 12.3 Å². The van der Waals surface area contributed by atoms with Crippen LogP contribution in [0.2, 0.25) is 0 Å². The largest absolute Gasteiger partial charge is 0.468 e. The van der Waals surface area contributed by atoms with Crippen LogP contribution in [0.25, 0.3) is 0 Å². The van der Waals surface area contributed by atoms with Gasteiger partial charge in [-0.2, -0.15) is 5.26 Å². The highest BCUT2D eigenvalue weighted by atomic mass is 16.3. The van der Waals surface area contributed by atoms with E-state index in [1.165, 1.54) is 0 Å². The second-order valence-electron chi connectivity index (χ2n) is 3.71. The second-order valence-corrected chi connectivity index (χ2v) is 3.71. The maximum absolute atomic E-state index is 9.12. The average molecular weight is 190 g/mol. The van der Waals surface area contributed by atoms with Gasteiger partial charge in [-0.15, -0.1) is 0 Å². The topological polar surface area (TPSA) is 49.0 Å². The third-order valence-electron chi connectivity index (χ3n) is 2.84. The van der Waals surface area contributed by atoms with E-state index < -0.39 is 0 Å². The van der Waals surface area contributed by atoms with Crippen LogP contribution in [0.4, 0.5) is 0 Å². The molecule has 1 atom stereocenters. The summed E-state index contributed by atoms with van der Waals surface area (Å²) in [6.07, 6.45) is 3.78. The summed E-state index contributed by atoms with van der Waals surface area (Å²) in [6.45, 7) is 2.03. The molecule has 0 amide bonds. The van der Waals surface area contributed by atoms with Crippen molar-refractivity contribution in [2.45, 2.75) is 18.8 Å². The summed E-state index contributed by atoms with van der Waals surface area (Å²) in [7, 11) is 0. The zero-order valence-electron chi connectivity index (χ0n) is 8.07. The van der Waals surface area contributed by atoms with Gasteiger partial charge in [-0.1, -0.05) is 0 Å². The van der Waals surface area contributed by atoms with E-state index in [9.17, 15) is 0 Å². The third-order valence-corrected chi connectivity index (χ3v) is 2.84. The fourth-order valence-electron chi connectivity index (χ4n) is 2.05. The molecule has 1 aromatic rings. The molecule has 14 heavy (non-hydrogen) atoms. The molecular weight excluding hydrogens is 176 g/mol. The molecule has 2 rings (SSSR count). The van der Waals surface area contributed by atoms with Crippen molar-refractivity contribution in [1.29, 1.82) is 5.26 Å². The average Bonchev–Trinajstić information content (AvgIpc) is 2.74. The van der Waals surface area contributed by atoms with E-state index in [4.69, 9.17) is 9.68 Å². The van der Waals surface area contributed by atoms with Crippen LogP contribution in [-0.4, -0.2) is 13.1 Å². The highest BCUT2D eigenvalue weighted by Gasteiger charge is 2.26. The Balaban J connectivity index is 2.09. The van der Waals surface area contributed by atoms with Crippen LogP contribution in [0.15, 0.2) is 22.8 Å². The number of hydrogen-bond acceptors (Lipinski definition) is 3. The normalized spacial score (nSPS) is 20.2. The molecule has 1 fully saturated rings. The number of hydrogen-bond donors (Lipinski definition) is 1. The van der Waals surface area contributed by atoms with Crippen molar-refractivity contribution in [3.05, 3.63) is 24.2 Å². The fourth-order valence-corrected chi connectivity index (χ4v) is 2.05. The molecule has 2 heterocycles. The first kappa shape index (κ1) is 9.29. The van der Waals surface area contributed by atoms with Gasteiger partial charge >= 0.3 is 0 Å². The number of furan rings is 1. The van der Waals surface area contributed by atoms with E-state index in [2.05, 4.69) is 11.4 Å². The molecule has 0 saturated carbocycles. The smallest absolute Gasteiger partial charge is 0.121 e. The minimum absolute atomic E-state index is 0.0629. The molecular formula is C11H14N2O. The van der Waals surface area contributed by atoms with Gasteiger partial charge in [0, 0.05) is 0 Å². The molecule has 1 aliphatic rings. The number of piperidine rings is 1. The Bertz CT molecular complexity index is 307. The molecule has 3 heteroatoms. The molecule has 74 valence electrons. The van der Waals surface area contributed by atoms with Gasteiger partial charge in [0.2, 0.25) is 0 Å². The minimum Gasteiger partial charge on any atom is -0.468 e. The lowest BCUT2D eigenvalue weighted by molar-refractivity contribution is 0.323. The molecule has 0 bridgehead atoms. The number of nitrogens with one attached hydrogen (secondary N) is 1. The predicted octanol–water partition coefficient (Wildman–Crippen LogP) is 1.89. The lowest BCUT2D eigenvalue weighted by Gasteiger charge is -2.25. The van der Waals surface area contributed by atoms with E-state index >= 15 is 0 Å². The first-order chi connectivity index (χ1) is 6.92. The van der Waals surface area contributed by atoms with Gasteiger partial charge in [0.25, 0.3) is 0 Å². The van der Waals surface area contributed by atoms with Crippen LogP contribution in [0.5, 0.6) is 0 Å². The van der Waals surface area contributed by atoms with Gasteiger partial charge in [-0.3, -0.25) is 0 Å². The molecule has 0 aliphatic carbocycles. The highest BCUT2D eigenvalue weighted by Crippen LogP contribution is 2.30. The first-order valence-electron chi connectivity index (χ1n) is 5.05. The van der Waals surface area contributed by atoms with Crippen LogP contribution < -0.4 is 5.32 Å². The summed E-state index contributed by atoms with van der Waals surface area (Å²) in [5.41, 5.74) is 0. The molecule has 1 aromatic heterocycles. The van der Waals surface area contributed by atoms with Gasteiger partial charge < -0.3 is 9.73 Å². The Hall–Kier alpha value is -1.27. The molecule has 0 aromatic carbocycles. The van der Waals surface area contributed by atoms with Crippen molar-refractivity contribution in [2.75, 3.05) is 13.1 Å². The summed E-state index contributed by atoms with van der Waals surface area (Å²) in [5.74, 6) is 1.21. The third kappa shape index (κ3) is 1.80. The van der Waals surface area contributed by atoms with Crippen LogP contribution >= 0.6 is 0 Å². The summed E-state index contributed by atoms with van der Waals surface area (Å²) >= 11 is 0. The number of nitriles is 1.